The number of fused-ring (bicyclic) bond motifs is 2. The third kappa shape index (κ3) is 3.46. The van der Waals surface area contributed by atoms with E-state index in [1.165, 1.54) is 22.2 Å². The highest BCUT2D eigenvalue weighted by atomic mass is 15.2. The van der Waals surface area contributed by atoms with Gasteiger partial charge in [0.05, 0.1) is 11.2 Å². The fraction of sp³-hybridized carbons (Fsp3) is 0.280. The Morgan fingerprint density at radius 1 is 1.03 bits per heavy atom. The molecule has 5 heteroatoms. The lowest BCUT2D eigenvalue weighted by Gasteiger charge is -2.22. The third-order valence-electron chi connectivity index (χ3n) is 5.75. The molecule has 0 spiro atoms. The number of hydrogen-bond acceptors (Lipinski definition) is 4. The van der Waals surface area contributed by atoms with E-state index in [-0.39, 0.29) is 0 Å². The van der Waals surface area contributed by atoms with Crippen molar-refractivity contribution in [3.8, 4) is 5.95 Å². The fourth-order valence-electron chi connectivity index (χ4n) is 4.18. The minimum Gasteiger partial charge on any atom is -0.366 e. The molecule has 0 saturated heterocycles. The second-order valence-corrected chi connectivity index (χ2v) is 8.18. The van der Waals surface area contributed by atoms with E-state index < -0.39 is 0 Å². The summed E-state index contributed by atoms with van der Waals surface area (Å²) in [4.78, 5) is 10.1. The van der Waals surface area contributed by atoms with E-state index >= 15 is 0 Å². The van der Waals surface area contributed by atoms with E-state index in [0.717, 1.165) is 49.0 Å². The van der Waals surface area contributed by atoms with Crippen LogP contribution in [-0.4, -0.2) is 21.1 Å². The van der Waals surface area contributed by atoms with Crippen LogP contribution in [0.4, 0.5) is 5.82 Å². The number of nitrogens with one attached hydrogen (secondary N) is 2. The summed E-state index contributed by atoms with van der Waals surface area (Å²) in [5, 5.41) is 8.27. The molecule has 5 nitrogen and oxygen atoms in total. The molecule has 4 aromatic rings. The minimum atomic E-state index is 0.374. The molecular formula is C25H27N5. The van der Waals surface area contributed by atoms with E-state index in [1.54, 1.807) is 0 Å². The van der Waals surface area contributed by atoms with Gasteiger partial charge in [0, 0.05) is 42.7 Å². The molecule has 0 atom stereocenters. The lowest BCUT2D eigenvalue weighted by Crippen LogP contribution is -2.27. The smallest absolute Gasteiger partial charge is 0.236 e. The first-order valence-corrected chi connectivity index (χ1v) is 10.7. The van der Waals surface area contributed by atoms with Gasteiger partial charge in [-0.3, -0.25) is 4.57 Å². The summed E-state index contributed by atoms with van der Waals surface area (Å²) in [6.07, 6.45) is 0.918. The van der Waals surface area contributed by atoms with E-state index in [2.05, 4.69) is 83.6 Å². The van der Waals surface area contributed by atoms with Gasteiger partial charge in [-0.15, -0.1) is 0 Å². The summed E-state index contributed by atoms with van der Waals surface area (Å²) in [7, 11) is 0. The van der Waals surface area contributed by atoms with Crippen molar-refractivity contribution in [3.05, 3.63) is 83.2 Å². The Morgan fingerprint density at radius 3 is 2.67 bits per heavy atom. The highest BCUT2D eigenvalue weighted by Gasteiger charge is 2.21. The Morgan fingerprint density at radius 2 is 1.83 bits per heavy atom. The van der Waals surface area contributed by atoms with Crippen LogP contribution < -0.4 is 10.6 Å². The molecule has 152 valence electrons. The van der Waals surface area contributed by atoms with Gasteiger partial charge in [-0.1, -0.05) is 62.4 Å². The molecule has 2 aromatic heterocycles. The Balaban J connectivity index is 1.63. The van der Waals surface area contributed by atoms with Crippen LogP contribution in [0.1, 0.15) is 42.3 Å². The number of rotatable bonds is 5. The zero-order chi connectivity index (χ0) is 20.5. The highest BCUT2D eigenvalue weighted by Crippen LogP contribution is 2.30. The van der Waals surface area contributed by atoms with Crippen molar-refractivity contribution in [2.75, 3.05) is 11.9 Å². The monoisotopic (exact) mass is 397 g/mol. The minimum absolute atomic E-state index is 0.374. The van der Waals surface area contributed by atoms with Crippen LogP contribution in [-0.2, 0) is 19.5 Å². The quantitative estimate of drug-likeness (QED) is 0.508. The van der Waals surface area contributed by atoms with Crippen LogP contribution >= 0.6 is 0 Å². The second kappa shape index (κ2) is 7.92. The molecule has 0 bridgehead atoms. The van der Waals surface area contributed by atoms with E-state index in [1.807, 2.05) is 6.07 Å². The molecule has 3 heterocycles. The van der Waals surface area contributed by atoms with Gasteiger partial charge in [0.25, 0.3) is 0 Å². The van der Waals surface area contributed by atoms with E-state index in [0.29, 0.717) is 5.92 Å². The van der Waals surface area contributed by atoms with E-state index in [4.69, 9.17) is 9.97 Å². The molecule has 0 fully saturated rings. The van der Waals surface area contributed by atoms with Crippen LogP contribution in [0, 0.1) is 0 Å². The van der Waals surface area contributed by atoms with Gasteiger partial charge in [0.2, 0.25) is 5.95 Å². The summed E-state index contributed by atoms with van der Waals surface area (Å²) in [6.45, 7) is 6.94. The molecular weight excluding hydrogens is 370 g/mol. The normalized spacial score (nSPS) is 13.6. The molecule has 0 unspecified atom stereocenters. The van der Waals surface area contributed by atoms with Crippen molar-refractivity contribution in [2.24, 2.45) is 0 Å². The highest BCUT2D eigenvalue weighted by molar-refractivity contribution is 5.83. The van der Waals surface area contributed by atoms with Crippen LogP contribution in [0.5, 0.6) is 0 Å². The van der Waals surface area contributed by atoms with Gasteiger partial charge < -0.3 is 10.6 Å². The molecule has 1 aliphatic heterocycles. The van der Waals surface area contributed by atoms with Crippen molar-refractivity contribution in [3.63, 3.8) is 0 Å². The van der Waals surface area contributed by atoms with Crippen molar-refractivity contribution < 1.29 is 0 Å². The number of para-hydroxylation sites is 1. The fourth-order valence-corrected chi connectivity index (χ4v) is 4.18. The van der Waals surface area contributed by atoms with Crippen LogP contribution in [0.3, 0.4) is 0 Å². The molecule has 0 radical (unpaired) electrons. The van der Waals surface area contributed by atoms with Gasteiger partial charge in [0.15, 0.2) is 0 Å². The lowest BCUT2D eigenvalue weighted by molar-refractivity contribution is 0.623. The van der Waals surface area contributed by atoms with Crippen molar-refractivity contribution >= 4 is 16.7 Å². The summed E-state index contributed by atoms with van der Waals surface area (Å²) in [5.41, 5.74) is 5.96. The molecule has 5 rings (SSSR count). The van der Waals surface area contributed by atoms with Crippen LogP contribution in [0.2, 0.25) is 0 Å². The van der Waals surface area contributed by atoms with Gasteiger partial charge in [-0.2, -0.15) is 4.98 Å². The first-order chi connectivity index (χ1) is 14.7. The molecule has 2 N–H and O–H groups in total. The predicted octanol–water partition coefficient (Wildman–Crippen LogP) is 4.80. The van der Waals surface area contributed by atoms with Gasteiger partial charge in [-0.05, 0) is 23.6 Å². The molecule has 0 saturated carbocycles. The van der Waals surface area contributed by atoms with Crippen molar-refractivity contribution in [2.45, 2.75) is 39.3 Å². The summed E-state index contributed by atoms with van der Waals surface area (Å²) < 4.78 is 2.23. The van der Waals surface area contributed by atoms with Gasteiger partial charge in [0.1, 0.15) is 5.82 Å². The van der Waals surface area contributed by atoms with Crippen LogP contribution in [0.15, 0.2) is 60.7 Å². The summed E-state index contributed by atoms with van der Waals surface area (Å²) in [5.74, 6) is 2.06. The predicted molar refractivity (Wildman–Crippen MR) is 122 cm³/mol. The molecule has 1 aliphatic rings. The number of anilines is 1. The molecule has 0 amide bonds. The third-order valence-corrected chi connectivity index (χ3v) is 5.75. The maximum absolute atomic E-state index is 5.04. The molecule has 30 heavy (non-hydrogen) atoms. The van der Waals surface area contributed by atoms with Crippen molar-refractivity contribution in [1.29, 1.82) is 0 Å². The number of hydrogen-bond donors (Lipinski definition) is 2. The Labute approximate surface area is 177 Å². The summed E-state index contributed by atoms with van der Waals surface area (Å²) in [6, 6.07) is 21.2. The average Bonchev–Trinajstić information content (AvgIpc) is 3.18. The second-order valence-electron chi connectivity index (χ2n) is 8.18. The first kappa shape index (κ1) is 18.8. The summed E-state index contributed by atoms with van der Waals surface area (Å²) >= 11 is 0. The molecule has 0 aliphatic carbocycles. The Bertz CT molecular complexity index is 1180. The maximum Gasteiger partial charge on any atom is 0.236 e. The number of aromatic nitrogens is 3. The zero-order valence-electron chi connectivity index (χ0n) is 17.5. The average molecular weight is 398 g/mol. The van der Waals surface area contributed by atoms with Crippen molar-refractivity contribution in [1.82, 2.24) is 19.9 Å². The maximum atomic E-state index is 5.04. The Kier molecular flexibility index (Phi) is 4.97. The Hall–Kier alpha value is -3.18. The van der Waals surface area contributed by atoms with Crippen LogP contribution in [0.25, 0.3) is 16.9 Å². The zero-order valence-corrected chi connectivity index (χ0v) is 17.5. The topological polar surface area (TPSA) is 54.8 Å². The molecule has 2 aromatic carbocycles. The first-order valence-electron chi connectivity index (χ1n) is 10.7. The van der Waals surface area contributed by atoms with Gasteiger partial charge >= 0.3 is 0 Å². The number of benzene rings is 2. The SMILES string of the molecule is CC(C)c1cc2ccccc2n1-c1nc2c(c(NCc3ccccc3)n1)CNCC2. The standard InChI is InChI=1S/C25H27N5/c1-17(2)23-14-19-10-6-7-11-22(19)30(23)25-28-21-12-13-26-16-20(21)24(29-25)27-15-18-8-4-3-5-9-18/h3-11,14,17,26H,12-13,15-16H2,1-2H3,(H,27,28,29). The van der Waals surface area contributed by atoms with E-state index in [9.17, 15) is 0 Å². The number of nitrogens with zero attached hydrogens (tertiary/aromatic N) is 3. The van der Waals surface area contributed by atoms with Gasteiger partial charge in [-0.25, -0.2) is 4.98 Å². The largest absolute Gasteiger partial charge is 0.366 e. The lowest BCUT2D eigenvalue weighted by atomic mass is 10.1.